The van der Waals surface area contributed by atoms with Crippen molar-refractivity contribution in [2.75, 3.05) is 26.8 Å². The largest absolute Gasteiger partial charge is 0.396 e. The number of hydrogen-bond acceptors (Lipinski definition) is 3. The summed E-state index contributed by atoms with van der Waals surface area (Å²) in [4.78, 5) is 0. The smallest absolute Gasteiger partial charge is 0.0481 e. The molecule has 0 aliphatic heterocycles. The SMILES string of the molecule is CNCCCCC(CO)CO. The molecule has 0 aliphatic carbocycles. The molecule has 0 aromatic rings. The Hall–Kier alpha value is -0.120. The first-order valence-electron chi connectivity index (χ1n) is 4.21. The monoisotopic (exact) mass is 161 g/mol. The Bertz CT molecular complexity index is 74.5. The zero-order chi connectivity index (χ0) is 8.53. The first-order valence-corrected chi connectivity index (χ1v) is 4.21. The van der Waals surface area contributed by atoms with Gasteiger partial charge >= 0.3 is 0 Å². The van der Waals surface area contributed by atoms with Gasteiger partial charge < -0.3 is 15.5 Å². The number of hydrogen-bond donors (Lipinski definition) is 3. The van der Waals surface area contributed by atoms with Gasteiger partial charge in [0.15, 0.2) is 0 Å². The fourth-order valence-electron chi connectivity index (χ4n) is 0.975. The maximum atomic E-state index is 8.71. The average molecular weight is 161 g/mol. The van der Waals surface area contributed by atoms with Crippen LogP contribution in [0.5, 0.6) is 0 Å². The topological polar surface area (TPSA) is 52.5 Å². The molecule has 11 heavy (non-hydrogen) atoms. The molecule has 0 saturated heterocycles. The van der Waals surface area contributed by atoms with Crippen molar-refractivity contribution in [2.45, 2.75) is 19.3 Å². The van der Waals surface area contributed by atoms with Crippen LogP contribution in [0.3, 0.4) is 0 Å². The Kier molecular flexibility index (Phi) is 7.89. The fourth-order valence-corrected chi connectivity index (χ4v) is 0.975. The molecule has 0 saturated carbocycles. The van der Waals surface area contributed by atoms with Gasteiger partial charge in [-0.25, -0.2) is 0 Å². The van der Waals surface area contributed by atoms with E-state index in [1.165, 1.54) is 0 Å². The highest BCUT2D eigenvalue weighted by Crippen LogP contribution is 2.05. The van der Waals surface area contributed by atoms with Gasteiger partial charge in [0.05, 0.1) is 0 Å². The van der Waals surface area contributed by atoms with E-state index >= 15 is 0 Å². The van der Waals surface area contributed by atoms with Gasteiger partial charge in [-0.05, 0) is 26.4 Å². The summed E-state index contributed by atoms with van der Waals surface area (Å²) in [6, 6.07) is 0. The molecule has 0 rings (SSSR count). The molecular formula is C8H19NO2. The fraction of sp³-hybridized carbons (Fsp3) is 1.00. The van der Waals surface area contributed by atoms with Crippen LogP contribution in [-0.2, 0) is 0 Å². The molecule has 0 atom stereocenters. The van der Waals surface area contributed by atoms with E-state index in [0.29, 0.717) is 0 Å². The molecule has 0 amide bonds. The first-order chi connectivity index (χ1) is 5.35. The summed E-state index contributed by atoms with van der Waals surface area (Å²) in [7, 11) is 1.93. The van der Waals surface area contributed by atoms with Gasteiger partial charge in [-0.15, -0.1) is 0 Å². The molecule has 0 aromatic carbocycles. The van der Waals surface area contributed by atoms with Crippen LogP contribution in [0, 0.1) is 5.92 Å². The third-order valence-corrected chi connectivity index (χ3v) is 1.81. The van der Waals surface area contributed by atoms with E-state index in [9.17, 15) is 0 Å². The van der Waals surface area contributed by atoms with Gasteiger partial charge in [0.2, 0.25) is 0 Å². The van der Waals surface area contributed by atoms with Gasteiger partial charge in [-0.2, -0.15) is 0 Å². The van der Waals surface area contributed by atoms with Crippen molar-refractivity contribution in [3.63, 3.8) is 0 Å². The Morgan fingerprint density at radius 2 is 1.82 bits per heavy atom. The first kappa shape index (κ1) is 10.9. The Morgan fingerprint density at radius 1 is 1.18 bits per heavy atom. The number of rotatable bonds is 7. The lowest BCUT2D eigenvalue weighted by Gasteiger charge is -2.09. The summed E-state index contributed by atoms with van der Waals surface area (Å²) in [5.74, 6) is 0.0897. The summed E-state index contributed by atoms with van der Waals surface area (Å²) in [5, 5.41) is 20.5. The summed E-state index contributed by atoms with van der Waals surface area (Å²) in [6.45, 7) is 1.23. The van der Waals surface area contributed by atoms with E-state index < -0.39 is 0 Å². The highest BCUT2D eigenvalue weighted by atomic mass is 16.3. The average Bonchev–Trinajstić information content (AvgIpc) is 2.05. The third-order valence-electron chi connectivity index (χ3n) is 1.81. The Labute approximate surface area is 68.4 Å². The summed E-state index contributed by atoms with van der Waals surface area (Å²) in [5.41, 5.74) is 0. The number of aliphatic hydroxyl groups excluding tert-OH is 2. The summed E-state index contributed by atoms with van der Waals surface area (Å²) >= 11 is 0. The molecule has 0 bridgehead atoms. The van der Waals surface area contributed by atoms with E-state index in [-0.39, 0.29) is 19.1 Å². The molecule has 0 aromatic heterocycles. The van der Waals surface area contributed by atoms with Crippen LogP contribution in [-0.4, -0.2) is 37.0 Å². The molecule has 0 fully saturated rings. The third kappa shape index (κ3) is 6.28. The van der Waals surface area contributed by atoms with Gasteiger partial charge in [-0.3, -0.25) is 0 Å². The summed E-state index contributed by atoms with van der Waals surface area (Å²) in [6.07, 6.45) is 3.12. The second-order valence-electron chi connectivity index (χ2n) is 2.83. The molecule has 0 aliphatic rings. The quantitative estimate of drug-likeness (QED) is 0.460. The highest BCUT2D eigenvalue weighted by molar-refractivity contribution is 4.55. The molecule has 0 spiro atoms. The van der Waals surface area contributed by atoms with E-state index in [4.69, 9.17) is 10.2 Å². The zero-order valence-corrected chi connectivity index (χ0v) is 7.21. The molecule has 3 N–H and O–H groups in total. The Balaban J connectivity index is 3.07. The van der Waals surface area contributed by atoms with Crippen molar-refractivity contribution in [2.24, 2.45) is 5.92 Å². The Morgan fingerprint density at radius 3 is 2.27 bits per heavy atom. The van der Waals surface area contributed by atoms with E-state index in [1.807, 2.05) is 7.05 Å². The molecule has 3 nitrogen and oxygen atoms in total. The van der Waals surface area contributed by atoms with Crippen LogP contribution in [0.25, 0.3) is 0 Å². The van der Waals surface area contributed by atoms with Crippen molar-refractivity contribution in [1.82, 2.24) is 5.32 Å². The summed E-state index contributed by atoms with van der Waals surface area (Å²) < 4.78 is 0. The van der Waals surface area contributed by atoms with Crippen molar-refractivity contribution in [3.8, 4) is 0 Å². The van der Waals surface area contributed by atoms with E-state index in [0.717, 1.165) is 25.8 Å². The van der Waals surface area contributed by atoms with E-state index in [2.05, 4.69) is 5.32 Å². The number of aliphatic hydroxyl groups is 2. The lowest BCUT2D eigenvalue weighted by atomic mass is 10.0. The maximum Gasteiger partial charge on any atom is 0.0481 e. The minimum atomic E-state index is 0.0897. The van der Waals surface area contributed by atoms with Crippen molar-refractivity contribution < 1.29 is 10.2 Å². The second kappa shape index (κ2) is 7.98. The molecule has 0 radical (unpaired) electrons. The molecular weight excluding hydrogens is 142 g/mol. The maximum absolute atomic E-state index is 8.71. The standard InChI is InChI=1S/C8H19NO2/c1-9-5-3-2-4-8(6-10)7-11/h8-11H,2-7H2,1H3. The number of unbranched alkanes of at least 4 members (excludes halogenated alkanes) is 1. The molecule has 68 valence electrons. The van der Waals surface area contributed by atoms with Crippen LogP contribution in [0.1, 0.15) is 19.3 Å². The van der Waals surface area contributed by atoms with Crippen molar-refractivity contribution in [3.05, 3.63) is 0 Å². The van der Waals surface area contributed by atoms with Crippen LogP contribution < -0.4 is 5.32 Å². The van der Waals surface area contributed by atoms with Gasteiger partial charge in [-0.1, -0.05) is 6.42 Å². The molecule has 0 heterocycles. The van der Waals surface area contributed by atoms with Crippen LogP contribution in [0.15, 0.2) is 0 Å². The van der Waals surface area contributed by atoms with Gasteiger partial charge in [0.25, 0.3) is 0 Å². The molecule has 3 heteroatoms. The molecule has 0 unspecified atom stereocenters. The highest BCUT2D eigenvalue weighted by Gasteiger charge is 2.03. The van der Waals surface area contributed by atoms with Gasteiger partial charge in [0.1, 0.15) is 0 Å². The minimum Gasteiger partial charge on any atom is -0.396 e. The predicted octanol–water partition coefficient (Wildman–Crippen LogP) is -0.0231. The lowest BCUT2D eigenvalue weighted by Crippen LogP contribution is -2.12. The van der Waals surface area contributed by atoms with Crippen molar-refractivity contribution >= 4 is 0 Å². The second-order valence-corrected chi connectivity index (χ2v) is 2.83. The number of nitrogens with one attached hydrogen (secondary N) is 1. The van der Waals surface area contributed by atoms with Crippen LogP contribution >= 0.6 is 0 Å². The van der Waals surface area contributed by atoms with Crippen molar-refractivity contribution in [1.29, 1.82) is 0 Å². The zero-order valence-electron chi connectivity index (χ0n) is 7.21. The van der Waals surface area contributed by atoms with Gasteiger partial charge in [0, 0.05) is 19.1 Å². The van der Waals surface area contributed by atoms with E-state index in [1.54, 1.807) is 0 Å². The normalized spacial score (nSPS) is 10.9. The minimum absolute atomic E-state index is 0.0897. The lowest BCUT2D eigenvalue weighted by molar-refractivity contribution is 0.142. The van der Waals surface area contributed by atoms with Crippen LogP contribution in [0.4, 0.5) is 0 Å². The predicted molar refractivity (Wildman–Crippen MR) is 45.4 cm³/mol. The van der Waals surface area contributed by atoms with Crippen LogP contribution in [0.2, 0.25) is 0 Å².